The summed E-state index contributed by atoms with van der Waals surface area (Å²) >= 11 is 0. The molecule has 8 aromatic carbocycles. The van der Waals surface area contributed by atoms with E-state index in [9.17, 15) is 0 Å². The zero-order valence-corrected chi connectivity index (χ0v) is 31.7. The Bertz CT molecular complexity index is 3310. The van der Waals surface area contributed by atoms with Gasteiger partial charge in [-0.15, -0.1) is 0 Å². The number of nitrogens with zero attached hydrogens (tertiary/aromatic N) is 5. The Morgan fingerprint density at radius 2 is 0.831 bits per heavy atom. The average Bonchev–Trinajstić information content (AvgIpc) is 3.72. The number of furan rings is 1. The third-order valence-corrected chi connectivity index (χ3v) is 10.9. The zero-order chi connectivity index (χ0) is 39.1. The minimum absolute atomic E-state index is 0.622. The molecule has 0 fully saturated rings. The molecule has 0 amide bonds. The van der Waals surface area contributed by atoms with Gasteiger partial charge in [-0.25, -0.2) is 24.9 Å². The van der Waals surface area contributed by atoms with Crippen LogP contribution in [-0.2, 0) is 0 Å². The molecule has 0 atom stereocenters. The minimum Gasteiger partial charge on any atom is -0.455 e. The molecule has 0 saturated heterocycles. The summed E-state index contributed by atoms with van der Waals surface area (Å²) in [6.45, 7) is 0. The second kappa shape index (κ2) is 14.4. The van der Waals surface area contributed by atoms with E-state index in [1.807, 2.05) is 60.8 Å². The molecule has 0 spiro atoms. The van der Waals surface area contributed by atoms with Gasteiger partial charge < -0.3 is 4.42 Å². The Hall–Kier alpha value is -8.09. The van der Waals surface area contributed by atoms with Crippen molar-refractivity contribution in [1.29, 1.82) is 0 Å². The number of fused-ring (bicyclic) bond motifs is 5. The lowest BCUT2D eigenvalue weighted by atomic mass is 9.94. The van der Waals surface area contributed by atoms with Crippen LogP contribution >= 0.6 is 0 Å². The van der Waals surface area contributed by atoms with E-state index < -0.39 is 0 Å². The van der Waals surface area contributed by atoms with Gasteiger partial charge in [0.2, 0.25) is 0 Å². The van der Waals surface area contributed by atoms with Gasteiger partial charge in [0.05, 0.1) is 10.9 Å². The first-order valence-corrected chi connectivity index (χ1v) is 19.5. The second-order valence-corrected chi connectivity index (χ2v) is 14.5. The molecule has 3 heterocycles. The number of hydrogen-bond donors (Lipinski definition) is 0. The molecule has 3 aromatic heterocycles. The molecule has 59 heavy (non-hydrogen) atoms. The topological polar surface area (TPSA) is 77.6 Å². The summed E-state index contributed by atoms with van der Waals surface area (Å²) in [5.74, 6) is 1.89. The van der Waals surface area contributed by atoms with Crippen LogP contribution in [0.2, 0.25) is 0 Å². The van der Waals surface area contributed by atoms with Gasteiger partial charge in [0, 0.05) is 39.2 Å². The Labute approximate surface area is 340 Å². The van der Waals surface area contributed by atoms with Crippen molar-refractivity contribution < 1.29 is 4.42 Å². The lowest BCUT2D eigenvalue weighted by Crippen LogP contribution is -2.00. The molecule has 11 aromatic rings. The van der Waals surface area contributed by atoms with Gasteiger partial charge in [-0.1, -0.05) is 164 Å². The van der Waals surface area contributed by atoms with Crippen LogP contribution in [0.4, 0.5) is 0 Å². The van der Waals surface area contributed by atoms with Crippen LogP contribution in [0.1, 0.15) is 0 Å². The maximum atomic E-state index is 6.51. The maximum absolute atomic E-state index is 6.51. The van der Waals surface area contributed by atoms with Crippen LogP contribution in [0, 0.1) is 0 Å². The zero-order valence-electron chi connectivity index (χ0n) is 31.7. The van der Waals surface area contributed by atoms with Gasteiger partial charge in [0.1, 0.15) is 17.5 Å². The van der Waals surface area contributed by atoms with Gasteiger partial charge in [-0.2, -0.15) is 0 Å². The third-order valence-electron chi connectivity index (χ3n) is 10.9. The van der Waals surface area contributed by atoms with Crippen molar-refractivity contribution in [1.82, 2.24) is 24.9 Å². The lowest BCUT2D eigenvalue weighted by Gasteiger charge is -2.11. The number of hydrogen-bond acceptors (Lipinski definition) is 6. The summed E-state index contributed by atoms with van der Waals surface area (Å²) in [7, 11) is 0. The van der Waals surface area contributed by atoms with Crippen LogP contribution in [0.5, 0.6) is 0 Å². The molecule has 276 valence electrons. The van der Waals surface area contributed by atoms with Crippen molar-refractivity contribution in [3.8, 4) is 78.7 Å². The first kappa shape index (κ1) is 34.2. The Morgan fingerprint density at radius 3 is 1.47 bits per heavy atom. The van der Waals surface area contributed by atoms with Crippen LogP contribution in [-0.4, -0.2) is 24.9 Å². The van der Waals surface area contributed by atoms with Crippen molar-refractivity contribution in [2.24, 2.45) is 0 Å². The van der Waals surface area contributed by atoms with Crippen molar-refractivity contribution in [3.05, 3.63) is 201 Å². The SMILES string of the molecule is c1ccc(-c2ccc(-c3nc(-c4ccccc4)nc(-c4ccc(-c5cccc(-c6cccc(-c7cc8cncnc8c8c7oc7ccccc78)c6)c5)cc4)n3)cc2)cc1. The van der Waals surface area contributed by atoms with E-state index in [4.69, 9.17) is 19.4 Å². The molecule has 0 radical (unpaired) electrons. The van der Waals surface area contributed by atoms with E-state index in [1.165, 1.54) is 5.56 Å². The highest BCUT2D eigenvalue weighted by atomic mass is 16.3. The third kappa shape index (κ3) is 6.39. The monoisotopic (exact) mass is 755 g/mol. The average molecular weight is 756 g/mol. The van der Waals surface area contributed by atoms with E-state index in [-0.39, 0.29) is 0 Å². The second-order valence-electron chi connectivity index (χ2n) is 14.5. The number of benzene rings is 8. The highest BCUT2D eigenvalue weighted by molar-refractivity contribution is 6.21. The highest BCUT2D eigenvalue weighted by Crippen LogP contribution is 2.41. The van der Waals surface area contributed by atoms with Gasteiger partial charge >= 0.3 is 0 Å². The van der Waals surface area contributed by atoms with E-state index in [2.05, 4.69) is 143 Å². The number of rotatable bonds is 7. The van der Waals surface area contributed by atoms with Gasteiger partial charge in [-0.05, 0) is 63.2 Å². The molecule has 0 saturated carbocycles. The molecule has 0 unspecified atom stereocenters. The minimum atomic E-state index is 0.622. The van der Waals surface area contributed by atoms with E-state index in [1.54, 1.807) is 6.33 Å². The Balaban J connectivity index is 0.929. The van der Waals surface area contributed by atoms with E-state index >= 15 is 0 Å². The molecule has 0 aliphatic carbocycles. The Kier molecular flexibility index (Phi) is 8.37. The summed E-state index contributed by atoms with van der Waals surface area (Å²) in [4.78, 5) is 23.9. The predicted octanol–water partition coefficient (Wildman–Crippen LogP) is 13.4. The first-order chi connectivity index (χ1) is 29.2. The van der Waals surface area contributed by atoms with Gasteiger partial charge in [0.25, 0.3) is 0 Å². The molecule has 0 N–H and O–H groups in total. The fourth-order valence-corrected chi connectivity index (χ4v) is 7.91. The van der Waals surface area contributed by atoms with Crippen LogP contribution in [0.25, 0.3) is 112 Å². The lowest BCUT2D eigenvalue weighted by molar-refractivity contribution is 0.670. The fourth-order valence-electron chi connectivity index (χ4n) is 7.91. The van der Waals surface area contributed by atoms with Gasteiger partial charge in [-0.3, -0.25) is 0 Å². The van der Waals surface area contributed by atoms with Crippen LogP contribution < -0.4 is 0 Å². The summed E-state index contributed by atoms with van der Waals surface area (Å²) in [5, 5.41) is 3.03. The standard InChI is InChI=1S/C53H33N5O/c1-3-11-34(12-4-1)35-21-25-38(26-22-35)52-56-51(37-13-5-2-6-14-37)57-53(58-52)39-27-23-36(24-28-39)40-15-9-16-41(29-40)42-17-10-18-43(30-42)46-31-44-32-54-33-55-49(44)48-45-19-7-8-20-47(45)59-50(46)48/h1-33H. The maximum Gasteiger partial charge on any atom is 0.164 e. The van der Waals surface area contributed by atoms with E-state index in [0.29, 0.717) is 17.5 Å². The molecule has 6 nitrogen and oxygen atoms in total. The molecule has 0 bridgehead atoms. The molecular formula is C53H33N5O. The molecule has 0 aliphatic rings. The quantitative estimate of drug-likeness (QED) is 0.161. The number of para-hydroxylation sites is 1. The smallest absolute Gasteiger partial charge is 0.164 e. The van der Waals surface area contributed by atoms with Crippen molar-refractivity contribution in [2.45, 2.75) is 0 Å². The molecule has 11 rings (SSSR count). The fraction of sp³-hybridized carbons (Fsp3) is 0. The first-order valence-electron chi connectivity index (χ1n) is 19.5. The van der Waals surface area contributed by atoms with Crippen LogP contribution in [0.15, 0.2) is 205 Å². The summed E-state index contributed by atoms with van der Waals surface area (Å²) in [6.07, 6.45) is 3.47. The highest BCUT2D eigenvalue weighted by Gasteiger charge is 2.18. The summed E-state index contributed by atoms with van der Waals surface area (Å²) in [6, 6.07) is 64.9. The van der Waals surface area contributed by atoms with Crippen LogP contribution in [0.3, 0.4) is 0 Å². The summed E-state index contributed by atoms with van der Waals surface area (Å²) in [5.41, 5.74) is 14.1. The van der Waals surface area contributed by atoms with Crippen molar-refractivity contribution >= 4 is 32.8 Å². The largest absolute Gasteiger partial charge is 0.455 e. The van der Waals surface area contributed by atoms with Gasteiger partial charge in [0.15, 0.2) is 17.5 Å². The molecule has 0 aliphatic heterocycles. The molecule has 6 heteroatoms. The van der Waals surface area contributed by atoms with E-state index in [0.717, 1.165) is 88.5 Å². The normalized spacial score (nSPS) is 11.4. The number of aromatic nitrogens is 5. The summed E-state index contributed by atoms with van der Waals surface area (Å²) < 4.78 is 6.51. The predicted molar refractivity (Wildman–Crippen MR) is 238 cm³/mol. The van der Waals surface area contributed by atoms with Crippen molar-refractivity contribution in [3.63, 3.8) is 0 Å². The molecular weight excluding hydrogens is 723 g/mol. The Morgan fingerprint density at radius 1 is 0.373 bits per heavy atom. The van der Waals surface area contributed by atoms with Crippen molar-refractivity contribution in [2.75, 3.05) is 0 Å².